The summed E-state index contributed by atoms with van der Waals surface area (Å²) in [6.07, 6.45) is 3.58. The minimum Gasteiger partial charge on any atom is -0.387 e. The second-order valence-corrected chi connectivity index (χ2v) is 6.42. The molecule has 0 spiro atoms. The van der Waals surface area contributed by atoms with Crippen LogP contribution in [0.1, 0.15) is 5.56 Å². The van der Waals surface area contributed by atoms with Crippen LogP contribution in [-0.2, 0) is 16.4 Å². The molecule has 0 radical (unpaired) electrons. The molecule has 0 unspecified atom stereocenters. The first-order valence-corrected chi connectivity index (χ1v) is 8.18. The number of thiophene rings is 1. The third-order valence-electron chi connectivity index (χ3n) is 2.63. The first-order valence-electron chi connectivity index (χ1n) is 5.76. The molecule has 5 nitrogen and oxygen atoms in total. The molecule has 0 aromatic carbocycles. The molecule has 2 rings (SSSR count). The lowest BCUT2D eigenvalue weighted by Crippen LogP contribution is -2.26. The van der Waals surface area contributed by atoms with Crippen molar-refractivity contribution in [3.63, 3.8) is 0 Å². The van der Waals surface area contributed by atoms with E-state index in [2.05, 4.69) is 15.0 Å². The summed E-state index contributed by atoms with van der Waals surface area (Å²) in [6.45, 7) is 0.372. The largest absolute Gasteiger partial charge is 0.387 e. The van der Waals surface area contributed by atoms with Gasteiger partial charge in [0.15, 0.2) is 0 Å². The maximum atomic E-state index is 12.2. The number of hydrogen-bond acceptors (Lipinski definition) is 5. The summed E-state index contributed by atoms with van der Waals surface area (Å²) < 4.78 is 26.9. The van der Waals surface area contributed by atoms with Crippen LogP contribution >= 0.6 is 11.3 Å². The van der Waals surface area contributed by atoms with E-state index in [4.69, 9.17) is 0 Å². The molecule has 2 aromatic rings. The number of hydrogen-bond donors (Lipinski definition) is 2. The lowest BCUT2D eigenvalue weighted by Gasteiger charge is -2.10. The number of rotatable bonds is 6. The molecule has 0 saturated heterocycles. The zero-order valence-electron chi connectivity index (χ0n) is 10.5. The van der Waals surface area contributed by atoms with Crippen LogP contribution in [0.5, 0.6) is 0 Å². The quantitative estimate of drug-likeness (QED) is 0.851. The molecule has 0 aliphatic carbocycles. The zero-order chi connectivity index (χ0) is 13.7. The van der Waals surface area contributed by atoms with Crippen LogP contribution in [0.25, 0.3) is 0 Å². The monoisotopic (exact) mass is 297 g/mol. The summed E-state index contributed by atoms with van der Waals surface area (Å²) in [5, 5.41) is 6.84. The SMILES string of the molecule is CNc1ccncc1S(=O)(=O)NCCc1ccsc1. The van der Waals surface area contributed by atoms with E-state index in [1.165, 1.54) is 6.20 Å². The normalized spacial score (nSPS) is 11.4. The van der Waals surface area contributed by atoms with Gasteiger partial charge < -0.3 is 5.32 Å². The molecular weight excluding hydrogens is 282 g/mol. The highest BCUT2D eigenvalue weighted by molar-refractivity contribution is 7.89. The van der Waals surface area contributed by atoms with Crippen molar-refractivity contribution in [2.75, 3.05) is 18.9 Å². The minimum absolute atomic E-state index is 0.169. The second kappa shape index (κ2) is 6.14. The Morgan fingerprint density at radius 3 is 2.89 bits per heavy atom. The molecule has 2 N–H and O–H groups in total. The molecule has 0 aliphatic rings. The number of anilines is 1. The van der Waals surface area contributed by atoms with Crippen molar-refractivity contribution in [3.05, 3.63) is 40.8 Å². The molecular formula is C12H15N3O2S2. The van der Waals surface area contributed by atoms with Gasteiger partial charge in [0.1, 0.15) is 4.90 Å². The summed E-state index contributed by atoms with van der Waals surface area (Å²) >= 11 is 1.60. The Labute approximate surface area is 116 Å². The number of nitrogens with one attached hydrogen (secondary N) is 2. The number of pyridine rings is 1. The fourth-order valence-electron chi connectivity index (χ4n) is 1.64. The first kappa shape index (κ1) is 14.0. The van der Waals surface area contributed by atoms with Crippen LogP contribution < -0.4 is 10.0 Å². The molecule has 7 heteroatoms. The fourth-order valence-corrected chi connectivity index (χ4v) is 3.53. The van der Waals surface area contributed by atoms with Crippen LogP contribution in [0.15, 0.2) is 40.2 Å². The molecule has 0 fully saturated rings. The first-order chi connectivity index (χ1) is 9.13. The molecule has 2 heterocycles. The highest BCUT2D eigenvalue weighted by Gasteiger charge is 2.17. The van der Waals surface area contributed by atoms with E-state index >= 15 is 0 Å². The van der Waals surface area contributed by atoms with Crippen LogP contribution in [0.2, 0.25) is 0 Å². The number of aromatic nitrogens is 1. The van der Waals surface area contributed by atoms with Crippen LogP contribution in [0, 0.1) is 0 Å². The Morgan fingerprint density at radius 1 is 1.37 bits per heavy atom. The fraction of sp³-hybridized carbons (Fsp3) is 0.250. The van der Waals surface area contributed by atoms with E-state index in [0.29, 0.717) is 18.7 Å². The average molecular weight is 297 g/mol. The molecule has 102 valence electrons. The Hall–Kier alpha value is -1.44. The zero-order valence-corrected chi connectivity index (χ0v) is 12.1. The molecule has 19 heavy (non-hydrogen) atoms. The van der Waals surface area contributed by atoms with Gasteiger partial charge in [-0.05, 0) is 34.9 Å². The van der Waals surface area contributed by atoms with Crippen molar-refractivity contribution >= 4 is 27.0 Å². The number of sulfonamides is 1. The van der Waals surface area contributed by atoms with Crippen molar-refractivity contribution in [3.8, 4) is 0 Å². The van der Waals surface area contributed by atoms with Gasteiger partial charge in [-0.3, -0.25) is 4.98 Å². The maximum absolute atomic E-state index is 12.2. The van der Waals surface area contributed by atoms with Gasteiger partial charge in [0.25, 0.3) is 0 Å². The van der Waals surface area contributed by atoms with Gasteiger partial charge >= 0.3 is 0 Å². The van der Waals surface area contributed by atoms with Gasteiger partial charge in [0, 0.05) is 26.0 Å². The number of nitrogens with zero attached hydrogens (tertiary/aromatic N) is 1. The Kier molecular flexibility index (Phi) is 4.52. The van der Waals surface area contributed by atoms with E-state index in [0.717, 1.165) is 5.56 Å². The summed E-state index contributed by atoms with van der Waals surface area (Å²) in [6, 6.07) is 3.62. The van der Waals surface area contributed by atoms with Gasteiger partial charge in [-0.15, -0.1) is 0 Å². The highest BCUT2D eigenvalue weighted by atomic mass is 32.2. The molecule has 0 saturated carbocycles. The van der Waals surface area contributed by atoms with E-state index in [1.807, 2.05) is 16.8 Å². The molecule has 0 aliphatic heterocycles. The third kappa shape index (κ3) is 3.52. The van der Waals surface area contributed by atoms with Crippen molar-refractivity contribution in [2.24, 2.45) is 0 Å². The van der Waals surface area contributed by atoms with Gasteiger partial charge in [-0.1, -0.05) is 0 Å². The summed E-state index contributed by atoms with van der Waals surface area (Å²) in [5.74, 6) is 0. The van der Waals surface area contributed by atoms with E-state index in [-0.39, 0.29) is 4.90 Å². The van der Waals surface area contributed by atoms with Crippen LogP contribution in [-0.4, -0.2) is 27.0 Å². The summed E-state index contributed by atoms with van der Waals surface area (Å²) in [5.41, 5.74) is 1.67. The highest BCUT2D eigenvalue weighted by Crippen LogP contribution is 2.18. The minimum atomic E-state index is -3.53. The second-order valence-electron chi connectivity index (χ2n) is 3.90. The van der Waals surface area contributed by atoms with E-state index in [1.54, 1.807) is 30.6 Å². The van der Waals surface area contributed by atoms with Crippen molar-refractivity contribution in [1.29, 1.82) is 0 Å². The van der Waals surface area contributed by atoms with E-state index in [9.17, 15) is 8.42 Å². The van der Waals surface area contributed by atoms with Crippen LogP contribution in [0.4, 0.5) is 5.69 Å². The summed E-state index contributed by atoms with van der Waals surface area (Å²) in [4.78, 5) is 4.03. The van der Waals surface area contributed by atoms with E-state index < -0.39 is 10.0 Å². The van der Waals surface area contributed by atoms with Gasteiger partial charge in [0.2, 0.25) is 10.0 Å². The molecule has 0 amide bonds. The Balaban J connectivity index is 2.05. The Morgan fingerprint density at radius 2 is 2.21 bits per heavy atom. The van der Waals surface area contributed by atoms with Crippen LogP contribution in [0.3, 0.4) is 0 Å². The molecule has 0 bridgehead atoms. The van der Waals surface area contributed by atoms with Crippen molar-refractivity contribution < 1.29 is 8.42 Å². The van der Waals surface area contributed by atoms with Gasteiger partial charge in [0.05, 0.1) is 5.69 Å². The predicted molar refractivity (Wildman–Crippen MR) is 77.0 cm³/mol. The molecule has 2 aromatic heterocycles. The standard InChI is InChI=1S/C12H15N3O2S2/c1-13-11-3-5-14-8-12(11)19(16,17)15-6-2-10-4-7-18-9-10/h3-5,7-9,15H,2,6H2,1H3,(H,13,14). The van der Waals surface area contributed by atoms with Crippen molar-refractivity contribution in [1.82, 2.24) is 9.71 Å². The van der Waals surface area contributed by atoms with Gasteiger partial charge in [-0.2, -0.15) is 11.3 Å². The average Bonchev–Trinajstić information content (AvgIpc) is 2.91. The topological polar surface area (TPSA) is 71.1 Å². The lowest BCUT2D eigenvalue weighted by molar-refractivity contribution is 0.581. The summed E-state index contributed by atoms with van der Waals surface area (Å²) in [7, 11) is -1.85. The third-order valence-corrected chi connectivity index (χ3v) is 4.85. The van der Waals surface area contributed by atoms with Crippen molar-refractivity contribution in [2.45, 2.75) is 11.3 Å². The maximum Gasteiger partial charge on any atom is 0.244 e. The van der Waals surface area contributed by atoms with Gasteiger partial charge in [-0.25, -0.2) is 13.1 Å². The smallest absolute Gasteiger partial charge is 0.244 e. The lowest BCUT2D eigenvalue weighted by atomic mass is 10.2. The predicted octanol–water partition coefficient (Wildman–Crippen LogP) is 1.71. The Bertz CT molecular complexity index is 624. The molecule has 0 atom stereocenters.